The third kappa shape index (κ3) is 2.67. The highest BCUT2D eigenvalue weighted by Crippen LogP contribution is 2.35. The van der Waals surface area contributed by atoms with Crippen molar-refractivity contribution in [2.75, 3.05) is 7.05 Å². The van der Waals surface area contributed by atoms with Crippen LogP contribution >= 0.6 is 15.9 Å². The van der Waals surface area contributed by atoms with Crippen LogP contribution in [0.4, 0.5) is 0 Å². The molecule has 0 bridgehead atoms. The van der Waals surface area contributed by atoms with Crippen LogP contribution in [0.2, 0.25) is 0 Å². The first-order chi connectivity index (χ1) is 7.70. The monoisotopic (exact) mass is 281 g/mol. The Balaban J connectivity index is 2.11. The van der Waals surface area contributed by atoms with Crippen molar-refractivity contribution in [1.29, 1.82) is 0 Å². The van der Waals surface area contributed by atoms with Crippen molar-refractivity contribution in [3.05, 3.63) is 33.8 Å². The van der Waals surface area contributed by atoms with Gasteiger partial charge in [0, 0.05) is 10.5 Å². The maximum absolute atomic E-state index is 3.52. The zero-order valence-corrected chi connectivity index (χ0v) is 11.7. The zero-order chi connectivity index (χ0) is 11.5. The molecule has 0 aliphatic heterocycles. The number of aryl methyl sites for hydroxylation is 1. The zero-order valence-electron chi connectivity index (χ0n) is 10.1. The summed E-state index contributed by atoms with van der Waals surface area (Å²) < 4.78 is 1.17. The molecular formula is C14H20BrN. The summed E-state index contributed by atoms with van der Waals surface area (Å²) in [6.07, 6.45) is 5.57. The third-order valence-electron chi connectivity index (χ3n) is 3.75. The van der Waals surface area contributed by atoms with Crippen LogP contribution in [-0.2, 0) is 0 Å². The molecule has 1 fully saturated rings. The maximum Gasteiger partial charge on any atom is 0.0322 e. The average molecular weight is 282 g/mol. The van der Waals surface area contributed by atoms with Crippen molar-refractivity contribution in [1.82, 2.24) is 5.32 Å². The van der Waals surface area contributed by atoms with Gasteiger partial charge in [0.15, 0.2) is 0 Å². The van der Waals surface area contributed by atoms with Crippen molar-refractivity contribution in [3.8, 4) is 0 Å². The molecule has 1 aliphatic carbocycles. The lowest BCUT2D eigenvalue weighted by Crippen LogP contribution is -2.23. The van der Waals surface area contributed by atoms with Gasteiger partial charge in [-0.15, -0.1) is 0 Å². The number of benzene rings is 1. The lowest BCUT2D eigenvalue weighted by atomic mass is 9.79. The van der Waals surface area contributed by atoms with Crippen molar-refractivity contribution in [2.24, 2.45) is 5.92 Å². The van der Waals surface area contributed by atoms with E-state index in [1.165, 1.54) is 41.3 Å². The Bertz CT molecular complexity index is 358. The van der Waals surface area contributed by atoms with Gasteiger partial charge in [-0.05, 0) is 49.6 Å². The fourth-order valence-electron chi connectivity index (χ4n) is 2.49. The summed E-state index contributed by atoms with van der Waals surface area (Å²) >= 11 is 3.52. The summed E-state index contributed by atoms with van der Waals surface area (Å²) in [4.78, 5) is 0. The molecule has 2 rings (SSSR count). The van der Waals surface area contributed by atoms with Crippen LogP contribution < -0.4 is 5.32 Å². The Morgan fingerprint density at radius 2 is 2.19 bits per heavy atom. The second kappa shape index (κ2) is 5.33. The molecule has 1 unspecified atom stereocenters. The predicted molar refractivity (Wildman–Crippen MR) is 72.6 cm³/mol. The first-order valence-electron chi connectivity index (χ1n) is 6.14. The van der Waals surface area contributed by atoms with Gasteiger partial charge in [0.05, 0.1) is 0 Å². The fourth-order valence-corrected chi connectivity index (χ4v) is 2.97. The lowest BCUT2D eigenvalue weighted by Gasteiger charge is -2.30. The molecule has 1 aromatic rings. The molecule has 0 aromatic heterocycles. The van der Waals surface area contributed by atoms with Crippen LogP contribution in [0.25, 0.3) is 0 Å². The van der Waals surface area contributed by atoms with Gasteiger partial charge >= 0.3 is 0 Å². The summed E-state index contributed by atoms with van der Waals surface area (Å²) in [5, 5.41) is 3.46. The molecule has 0 saturated heterocycles. The lowest BCUT2D eigenvalue weighted by molar-refractivity contribution is 0.265. The van der Waals surface area contributed by atoms with Gasteiger partial charge < -0.3 is 5.32 Å². The van der Waals surface area contributed by atoms with E-state index in [-0.39, 0.29) is 0 Å². The largest absolute Gasteiger partial charge is 0.313 e. The van der Waals surface area contributed by atoms with E-state index >= 15 is 0 Å². The van der Waals surface area contributed by atoms with E-state index in [0.717, 1.165) is 5.92 Å². The summed E-state index contributed by atoms with van der Waals surface area (Å²) in [6.45, 7) is 2.20. The topological polar surface area (TPSA) is 12.0 Å². The first-order valence-corrected chi connectivity index (χ1v) is 6.93. The fraction of sp³-hybridized carbons (Fsp3) is 0.571. The van der Waals surface area contributed by atoms with Crippen LogP contribution in [0.5, 0.6) is 0 Å². The smallest absolute Gasteiger partial charge is 0.0322 e. The summed E-state index contributed by atoms with van der Waals surface area (Å²) in [7, 11) is 2.07. The Morgan fingerprint density at radius 3 is 2.69 bits per heavy atom. The van der Waals surface area contributed by atoms with Gasteiger partial charge in [0.1, 0.15) is 0 Å². The Morgan fingerprint density at radius 1 is 1.44 bits per heavy atom. The molecule has 1 aromatic carbocycles. The van der Waals surface area contributed by atoms with Gasteiger partial charge in [0.25, 0.3) is 0 Å². The maximum atomic E-state index is 3.52. The van der Waals surface area contributed by atoms with E-state index in [4.69, 9.17) is 0 Å². The second-order valence-electron chi connectivity index (χ2n) is 4.87. The highest BCUT2D eigenvalue weighted by molar-refractivity contribution is 9.10. The average Bonchev–Trinajstić information content (AvgIpc) is 2.18. The quantitative estimate of drug-likeness (QED) is 0.872. The minimum absolute atomic E-state index is 0.526. The normalized spacial score (nSPS) is 18.2. The van der Waals surface area contributed by atoms with Crippen molar-refractivity contribution in [3.63, 3.8) is 0 Å². The molecular weight excluding hydrogens is 262 g/mol. The molecule has 0 spiro atoms. The highest BCUT2D eigenvalue weighted by atomic mass is 79.9. The SMILES string of the molecule is CNC(CC1CCC1)c1ccc(Br)cc1C. The molecule has 16 heavy (non-hydrogen) atoms. The van der Waals surface area contributed by atoms with E-state index < -0.39 is 0 Å². The van der Waals surface area contributed by atoms with Gasteiger partial charge in [-0.1, -0.05) is 41.3 Å². The summed E-state index contributed by atoms with van der Waals surface area (Å²) in [5.74, 6) is 0.945. The Kier molecular flexibility index (Phi) is 4.04. The molecule has 0 amide bonds. The second-order valence-corrected chi connectivity index (χ2v) is 5.79. The van der Waals surface area contributed by atoms with Gasteiger partial charge in [-0.25, -0.2) is 0 Å². The van der Waals surface area contributed by atoms with Crippen LogP contribution in [0.15, 0.2) is 22.7 Å². The van der Waals surface area contributed by atoms with Crippen molar-refractivity contribution in [2.45, 2.75) is 38.6 Å². The Labute approximate surface area is 107 Å². The summed E-state index contributed by atoms with van der Waals surface area (Å²) in [6, 6.07) is 7.13. The number of hydrogen-bond donors (Lipinski definition) is 1. The first kappa shape index (κ1) is 12.1. The molecule has 0 heterocycles. The molecule has 1 N–H and O–H groups in total. The number of halogens is 1. The van der Waals surface area contributed by atoms with Crippen LogP contribution in [-0.4, -0.2) is 7.05 Å². The van der Waals surface area contributed by atoms with Gasteiger partial charge in [-0.2, -0.15) is 0 Å². The van der Waals surface area contributed by atoms with Crippen molar-refractivity contribution < 1.29 is 0 Å². The summed E-state index contributed by atoms with van der Waals surface area (Å²) in [5.41, 5.74) is 2.84. The van der Waals surface area contributed by atoms with E-state index in [0.29, 0.717) is 6.04 Å². The van der Waals surface area contributed by atoms with Crippen LogP contribution in [0.1, 0.15) is 42.9 Å². The highest BCUT2D eigenvalue weighted by Gasteiger charge is 2.22. The molecule has 1 saturated carbocycles. The minimum Gasteiger partial charge on any atom is -0.313 e. The molecule has 1 atom stereocenters. The number of hydrogen-bond acceptors (Lipinski definition) is 1. The van der Waals surface area contributed by atoms with Crippen molar-refractivity contribution >= 4 is 15.9 Å². The molecule has 1 nitrogen and oxygen atoms in total. The molecule has 1 aliphatic rings. The molecule has 88 valence electrons. The van der Waals surface area contributed by atoms with Gasteiger partial charge in [-0.3, -0.25) is 0 Å². The molecule has 2 heteroatoms. The molecule has 0 radical (unpaired) electrons. The Hall–Kier alpha value is -0.340. The minimum atomic E-state index is 0.526. The standard InChI is InChI=1S/C14H20BrN/c1-10-8-12(15)6-7-13(10)14(16-2)9-11-4-3-5-11/h6-8,11,14,16H,3-5,9H2,1-2H3. The number of nitrogens with one attached hydrogen (secondary N) is 1. The van der Waals surface area contributed by atoms with E-state index in [9.17, 15) is 0 Å². The van der Waals surface area contributed by atoms with E-state index in [1.807, 2.05) is 0 Å². The van der Waals surface area contributed by atoms with Crippen LogP contribution in [0, 0.1) is 12.8 Å². The predicted octanol–water partition coefficient (Wildman–Crippen LogP) is 4.21. The van der Waals surface area contributed by atoms with E-state index in [1.54, 1.807) is 0 Å². The third-order valence-corrected chi connectivity index (χ3v) is 4.24. The number of rotatable bonds is 4. The van der Waals surface area contributed by atoms with E-state index in [2.05, 4.69) is 53.4 Å². The van der Waals surface area contributed by atoms with Crippen LogP contribution in [0.3, 0.4) is 0 Å². The van der Waals surface area contributed by atoms with Gasteiger partial charge in [0.2, 0.25) is 0 Å².